The van der Waals surface area contributed by atoms with Crippen LogP contribution in [0.25, 0.3) is 0 Å². The van der Waals surface area contributed by atoms with Gasteiger partial charge in [0.05, 0.1) is 0 Å². The van der Waals surface area contributed by atoms with Crippen molar-refractivity contribution in [3.05, 3.63) is 131 Å². The Bertz CT molecular complexity index is 1140. The molecular formula is C30H31NO4. The Labute approximate surface area is 206 Å². The van der Waals surface area contributed by atoms with Crippen LogP contribution in [0.15, 0.2) is 114 Å². The van der Waals surface area contributed by atoms with E-state index in [1.165, 1.54) is 0 Å². The topological polar surface area (TPSA) is 67.8 Å². The number of carbonyl (C=O) groups is 1. The summed E-state index contributed by atoms with van der Waals surface area (Å²) in [5.41, 5.74) is 2.90. The minimum Gasteiger partial charge on any atom is -0.490 e. The minimum absolute atomic E-state index is 0.233. The normalized spacial score (nSPS) is 17.2. The van der Waals surface area contributed by atoms with Crippen LogP contribution in [0.1, 0.15) is 29.5 Å². The zero-order valence-corrected chi connectivity index (χ0v) is 19.7. The third-order valence-electron chi connectivity index (χ3n) is 5.95. The van der Waals surface area contributed by atoms with Gasteiger partial charge in [-0.15, -0.1) is 0 Å². The molecule has 1 aliphatic carbocycles. The first kappa shape index (κ1) is 24.3. The summed E-state index contributed by atoms with van der Waals surface area (Å²) in [7, 11) is 0. The van der Waals surface area contributed by atoms with Gasteiger partial charge < -0.3 is 19.9 Å². The van der Waals surface area contributed by atoms with Crippen molar-refractivity contribution in [3.8, 4) is 0 Å². The number of hydrogen-bond acceptors (Lipinski definition) is 4. The Morgan fingerprint density at radius 3 is 2.00 bits per heavy atom. The first-order valence-corrected chi connectivity index (χ1v) is 11.9. The van der Waals surface area contributed by atoms with Crippen molar-refractivity contribution in [1.29, 1.82) is 0 Å². The highest BCUT2D eigenvalue weighted by Crippen LogP contribution is 2.35. The van der Waals surface area contributed by atoms with E-state index in [2.05, 4.69) is 5.32 Å². The smallest absolute Gasteiger partial charge is 0.407 e. The number of amides is 1. The highest BCUT2D eigenvalue weighted by atomic mass is 16.5. The number of carbonyl (C=O) groups excluding carboxylic acids is 1. The predicted octanol–water partition coefficient (Wildman–Crippen LogP) is 5.71. The number of benzene rings is 3. The molecule has 35 heavy (non-hydrogen) atoms. The summed E-state index contributed by atoms with van der Waals surface area (Å²) in [5.74, 6) is 0.559. The van der Waals surface area contributed by atoms with Gasteiger partial charge in [-0.3, -0.25) is 0 Å². The van der Waals surface area contributed by atoms with Gasteiger partial charge in [0.2, 0.25) is 0 Å². The summed E-state index contributed by atoms with van der Waals surface area (Å²) in [6.45, 7) is 1.05. The zero-order valence-electron chi connectivity index (χ0n) is 19.7. The summed E-state index contributed by atoms with van der Waals surface area (Å²) >= 11 is 0. The molecule has 1 atom stereocenters. The van der Waals surface area contributed by atoms with Crippen LogP contribution >= 0.6 is 0 Å². The fourth-order valence-corrected chi connectivity index (χ4v) is 4.14. The molecule has 0 fully saturated rings. The second-order valence-corrected chi connectivity index (χ2v) is 8.74. The van der Waals surface area contributed by atoms with Crippen molar-refractivity contribution in [3.63, 3.8) is 0 Å². The lowest BCUT2D eigenvalue weighted by Crippen LogP contribution is -2.37. The molecule has 5 nitrogen and oxygen atoms in total. The predicted molar refractivity (Wildman–Crippen MR) is 136 cm³/mol. The third kappa shape index (κ3) is 7.33. The van der Waals surface area contributed by atoms with Gasteiger partial charge in [-0.25, -0.2) is 4.79 Å². The average Bonchev–Trinajstić information content (AvgIpc) is 2.88. The van der Waals surface area contributed by atoms with Gasteiger partial charge in [0.1, 0.15) is 24.6 Å². The monoisotopic (exact) mass is 469 g/mol. The Morgan fingerprint density at radius 1 is 0.800 bits per heavy atom. The van der Waals surface area contributed by atoms with E-state index in [1.54, 1.807) is 0 Å². The Hall–Kier alpha value is -3.83. The van der Waals surface area contributed by atoms with Crippen molar-refractivity contribution in [2.45, 2.75) is 38.1 Å². The van der Waals surface area contributed by atoms with Crippen molar-refractivity contribution < 1.29 is 19.4 Å². The molecule has 0 bridgehead atoms. The molecule has 0 saturated carbocycles. The molecule has 2 N–H and O–H groups in total. The molecule has 0 radical (unpaired) electrons. The highest BCUT2D eigenvalue weighted by Gasteiger charge is 2.36. The second kappa shape index (κ2) is 12.0. The van der Waals surface area contributed by atoms with E-state index >= 15 is 0 Å². The standard InChI is InChI=1S/C30H31NO4/c32-29(35-23-27-14-8-3-9-15-27)31-19-18-25-16-17-28(34-22-26-12-6-2-7-13-26)30(33,21-25)20-24-10-4-1-5-11-24/h1-17,33H,18-23H2,(H,31,32). The highest BCUT2D eigenvalue weighted by molar-refractivity contribution is 5.67. The summed E-state index contributed by atoms with van der Waals surface area (Å²) in [6.07, 6.45) is 4.88. The number of hydrogen-bond donors (Lipinski definition) is 2. The summed E-state index contributed by atoms with van der Waals surface area (Å²) < 4.78 is 11.4. The molecule has 3 aromatic rings. The van der Waals surface area contributed by atoms with E-state index in [1.807, 2.05) is 103 Å². The van der Waals surface area contributed by atoms with Crippen LogP contribution in [-0.4, -0.2) is 23.3 Å². The van der Waals surface area contributed by atoms with Crippen LogP contribution in [-0.2, 0) is 29.1 Å². The Morgan fingerprint density at radius 2 is 1.37 bits per heavy atom. The first-order chi connectivity index (χ1) is 17.1. The Kier molecular flexibility index (Phi) is 8.36. The van der Waals surface area contributed by atoms with Crippen LogP contribution in [0.4, 0.5) is 4.79 Å². The molecule has 0 spiro atoms. The maximum atomic E-state index is 12.1. The van der Waals surface area contributed by atoms with Gasteiger partial charge in [0.25, 0.3) is 0 Å². The quantitative estimate of drug-likeness (QED) is 0.399. The van der Waals surface area contributed by atoms with Crippen LogP contribution in [0.3, 0.4) is 0 Å². The van der Waals surface area contributed by atoms with Gasteiger partial charge in [0, 0.05) is 19.4 Å². The van der Waals surface area contributed by atoms with Crippen LogP contribution in [0, 0.1) is 0 Å². The molecule has 4 rings (SSSR count). The minimum atomic E-state index is -1.16. The van der Waals surface area contributed by atoms with E-state index < -0.39 is 11.7 Å². The summed E-state index contributed by atoms with van der Waals surface area (Å²) in [6, 6.07) is 29.4. The lowest BCUT2D eigenvalue weighted by molar-refractivity contribution is 0.00366. The second-order valence-electron chi connectivity index (χ2n) is 8.74. The van der Waals surface area contributed by atoms with Crippen molar-refractivity contribution in [1.82, 2.24) is 5.32 Å². The maximum Gasteiger partial charge on any atom is 0.407 e. The van der Waals surface area contributed by atoms with Gasteiger partial charge >= 0.3 is 6.09 Å². The Balaban J connectivity index is 1.35. The molecule has 0 aromatic heterocycles. The molecule has 1 aliphatic rings. The first-order valence-electron chi connectivity index (χ1n) is 11.9. The van der Waals surface area contributed by atoms with E-state index in [4.69, 9.17) is 9.47 Å². The van der Waals surface area contributed by atoms with E-state index in [-0.39, 0.29) is 6.61 Å². The number of nitrogens with one attached hydrogen (secondary N) is 1. The number of ether oxygens (including phenoxy) is 2. The van der Waals surface area contributed by atoms with Gasteiger partial charge in [-0.05, 0) is 29.2 Å². The average molecular weight is 470 g/mol. The van der Waals surface area contributed by atoms with Gasteiger partial charge in [0.15, 0.2) is 0 Å². The third-order valence-corrected chi connectivity index (χ3v) is 5.95. The lowest BCUT2D eigenvalue weighted by atomic mass is 9.82. The lowest BCUT2D eigenvalue weighted by Gasteiger charge is -2.34. The van der Waals surface area contributed by atoms with Crippen molar-refractivity contribution in [2.24, 2.45) is 0 Å². The number of aliphatic hydroxyl groups is 1. The number of allylic oxidation sites excluding steroid dienone is 2. The fraction of sp³-hybridized carbons (Fsp3) is 0.233. The molecule has 0 heterocycles. The number of rotatable bonds is 10. The molecule has 5 heteroatoms. The molecule has 1 unspecified atom stereocenters. The van der Waals surface area contributed by atoms with Crippen molar-refractivity contribution in [2.75, 3.05) is 6.54 Å². The molecule has 0 saturated heterocycles. The number of alkyl carbamates (subject to hydrolysis) is 1. The molecule has 0 aliphatic heterocycles. The summed E-state index contributed by atoms with van der Waals surface area (Å²) in [5, 5.41) is 14.5. The van der Waals surface area contributed by atoms with Crippen LogP contribution < -0.4 is 5.32 Å². The molecule has 1 amide bonds. The largest absolute Gasteiger partial charge is 0.490 e. The summed E-state index contributed by atoms with van der Waals surface area (Å²) in [4.78, 5) is 12.1. The van der Waals surface area contributed by atoms with Crippen LogP contribution in [0.2, 0.25) is 0 Å². The SMILES string of the molecule is O=C(NCCC1=CC=C(OCc2ccccc2)C(O)(Cc2ccccc2)C1)OCc1ccccc1. The van der Waals surface area contributed by atoms with Gasteiger partial charge in [-0.1, -0.05) is 103 Å². The van der Waals surface area contributed by atoms with E-state index in [0.717, 1.165) is 22.3 Å². The fourth-order valence-electron chi connectivity index (χ4n) is 4.14. The van der Waals surface area contributed by atoms with Gasteiger partial charge in [-0.2, -0.15) is 0 Å². The zero-order chi connectivity index (χ0) is 24.3. The van der Waals surface area contributed by atoms with Crippen LogP contribution in [0.5, 0.6) is 0 Å². The van der Waals surface area contributed by atoms with E-state index in [0.29, 0.717) is 38.2 Å². The molecular weight excluding hydrogens is 438 g/mol. The molecule has 3 aromatic carbocycles. The van der Waals surface area contributed by atoms with E-state index in [9.17, 15) is 9.90 Å². The maximum absolute atomic E-state index is 12.1. The van der Waals surface area contributed by atoms with Crippen molar-refractivity contribution >= 4 is 6.09 Å². The molecule has 180 valence electrons.